The van der Waals surface area contributed by atoms with Gasteiger partial charge >= 0.3 is 5.69 Å². The third kappa shape index (κ3) is 3.73. The van der Waals surface area contributed by atoms with Gasteiger partial charge in [0.15, 0.2) is 16.8 Å². The maximum absolute atomic E-state index is 12.9. The van der Waals surface area contributed by atoms with Gasteiger partial charge in [0.1, 0.15) is 11.4 Å². The summed E-state index contributed by atoms with van der Waals surface area (Å²) in [5.74, 6) is -0.188. The number of nitrogens with two attached hydrogens (primary N) is 1. The molecule has 162 valence electrons. The van der Waals surface area contributed by atoms with Crippen molar-refractivity contribution in [2.24, 2.45) is 14.1 Å². The van der Waals surface area contributed by atoms with Gasteiger partial charge in [-0.25, -0.2) is 4.79 Å². The van der Waals surface area contributed by atoms with Crippen molar-refractivity contribution in [1.29, 1.82) is 0 Å². The summed E-state index contributed by atoms with van der Waals surface area (Å²) < 4.78 is 3.77. The van der Waals surface area contributed by atoms with E-state index in [2.05, 4.69) is 15.2 Å². The number of para-hydroxylation sites is 1. The first kappa shape index (κ1) is 21.2. The zero-order valence-corrected chi connectivity index (χ0v) is 18.1. The number of thioether (sulfide) groups is 1. The van der Waals surface area contributed by atoms with Gasteiger partial charge in [-0.2, -0.15) is 0 Å². The van der Waals surface area contributed by atoms with Gasteiger partial charge in [-0.3, -0.25) is 28.3 Å². The van der Waals surface area contributed by atoms with Crippen molar-refractivity contribution in [2.75, 3.05) is 11.5 Å². The number of benzene rings is 1. The Labute approximate surface area is 186 Å². The number of carbonyl (C=O) groups is 1. The Morgan fingerprint density at radius 3 is 2.38 bits per heavy atom. The summed E-state index contributed by atoms with van der Waals surface area (Å²) in [5.41, 5.74) is 5.99. The Kier molecular flexibility index (Phi) is 5.73. The van der Waals surface area contributed by atoms with E-state index in [4.69, 9.17) is 5.73 Å². The molecule has 1 aromatic carbocycles. The van der Waals surface area contributed by atoms with Gasteiger partial charge in [-0.05, 0) is 24.3 Å². The van der Waals surface area contributed by atoms with Gasteiger partial charge < -0.3 is 5.73 Å². The van der Waals surface area contributed by atoms with Crippen LogP contribution < -0.4 is 17.0 Å². The second-order valence-electron chi connectivity index (χ2n) is 6.89. The van der Waals surface area contributed by atoms with Crippen molar-refractivity contribution in [3.8, 4) is 17.1 Å². The number of nitrogens with zero attached hydrogens (tertiary/aromatic N) is 6. The molecule has 11 heteroatoms. The molecule has 2 N–H and O–H groups in total. The first-order valence-electron chi connectivity index (χ1n) is 9.53. The lowest BCUT2D eigenvalue weighted by Gasteiger charge is -2.11. The van der Waals surface area contributed by atoms with Gasteiger partial charge in [0, 0.05) is 37.7 Å². The molecule has 0 aliphatic carbocycles. The summed E-state index contributed by atoms with van der Waals surface area (Å²) in [4.78, 5) is 41.4. The van der Waals surface area contributed by atoms with E-state index in [0.29, 0.717) is 11.0 Å². The van der Waals surface area contributed by atoms with Crippen molar-refractivity contribution in [1.82, 2.24) is 28.9 Å². The summed E-state index contributed by atoms with van der Waals surface area (Å²) in [5, 5.41) is 9.04. The molecule has 0 bridgehead atoms. The molecular weight excluding hydrogens is 430 g/mol. The lowest BCUT2D eigenvalue weighted by atomic mass is 10.2. The van der Waals surface area contributed by atoms with Crippen molar-refractivity contribution in [2.45, 2.75) is 5.16 Å². The van der Waals surface area contributed by atoms with Crippen LogP contribution in [0.2, 0.25) is 0 Å². The Balaban J connectivity index is 1.71. The van der Waals surface area contributed by atoms with Gasteiger partial charge in [-0.1, -0.05) is 30.0 Å². The van der Waals surface area contributed by atoms with Crippen LogP contribution in [0.5, 0.6) is 0 Å². The predicted octanol–water partition coefficient (Wildman–Crippen LogP) is 1.28. The minimum Gasteiger partial charge on any atom is -0.384 e. The van der Waals surface area contributed by atoms with Gasteiger partial charge in [-0.15, -0.1) is 10.2 Å². The van der Waals surface area contributed by atoms with Crippen molar-refractivity contribution in [3.05, 3.63) is 81.3 Å². The molecule has 0 amide bonds. The highest BCUT2D eigenvalue weighted by Gasteiger charge is 2.22. The molecule has 0 saturated carbocycles. The van der Waals surface area contributed by atoms with Crippen LogP contribution in [0.3, 0.4) is 0 Å². The number of Topliss-reactive ketones (excluding diaryl/α,β-unsaturated/α-hetero) is 1. The second kappa shape index (κ2) is 8.63. The number of pyridine rings is 1. The molecule has 0 fully saturated rings. The molecule has 32 heavy (non-hydrogen) atoms. The second-order valence-corrected chi connectivity index (χ2v) is 7.83. The van der Waals surface area contributed by atoms with E-state index >= 15 is 0 Å². The van der Waals surface area contributed by atoms with Crippen LogP contribution in [0.4, 0.5) is 5.82 Å². The van der Waals surface area contributed by atoms with E-state index < -0.39 is 17.0 Å². The Bertz CT molecular complexity index is 1410. The Morgan fingerprint density at radius 1 is 1.00 bits per heavy atom. The fourth-order valence-corrected chi connectivity index (χ4v) is 4.01. The molecule has 0 aliphatic rings. The molecule has 4 rings (SSSR count). The maximum Gasteiger partial charge on any atom is 0.332 e. The molecule has 4 aromatic rings. The molecule has 3 aromatic heterocycles. The quantitative estimate of drug-likeness (QED) is 0.344. The van der Waals surface area contributed by atoms with E-state index in [1.165, 1.54) is 14.1 Å². The topological polar surface area (TPSA) is 131 Å². The molecule has 0 radical (unpaired) electrons. The number of carbonyl (C=O) groups excluding carboxylic acids is 1. The smallest absolute Gasteiger partial charge is 0.332 e. The lowest BCUT2D eigenvalue weighted by Crippen LogP contribution is -2.41. The number of hydrogen-bond acceptors (Lipinski definition) is 8. The lowest BCUT2D eigenvalue weighted by molar-refractivity contribution is 0.102. The molecular formula is C21H19N7O3S. The van der Waals surface area contributed by atoms with Crippen LogP contribution in [0.1, 0.15) is 10.4 Å². The number of rotatable bonds is 6. The zero-order valence-electron chi connectivity index (χ0n) is 17.3. The normalized spacial score (nSPS) is 10.9. The average Bonchev–Trinajstić information content (AvgIpc) is 3.25. The van der Waals surface area contributed by atoms with Crippen LogP contribution in [0.25, 0.3) is 17.1 Å². The van der Waals surface area contributed by atoms with E-state index in [9.17, 15) is 14.4 Å². The van der Waals surface area contributed by atoms with E-state index in [1.54, 1.807) is 12.4 Å². The Morgan fingerprint density at radius 2 is 1.69 bits per heavy atom. The number of hydrogen-bond donors (Lipinski definition) is 1. The summed E-state index contributed by atoms with van der Waals surface area (Å²) in [6, 6.07) is 13.1. The van der Waals surface area contributed by atoms with Crippen LogP contribution in [-0.2, 0) is 14.1 Å². The van der Waals surface area contributed by atoms with Crippen molar-refractivity contribution < 1.29 is 4.79 Å². The minimum absolute atomic E-state index is 0.112. The van der Waals surface area contributed by atoms with Crippen LogP contribution >= 0.6 is 11.8 Å². The van der Waals surface area contributed by atoms with Crippen molar-refractivity contribution in [3.63, 3.8) is 0 Å². The zero-order chi connectivity index (χ0) is 22.8. The standard InChI is InChI=1S/C21H19N7O3S/c1-26-17(22)16(19(30)27(2)21(26)31)15(29)12-32-20-25-24-18(13-8-10-23-11-9-13)28(20)14-6-4-3-5-7-14/h3-11H,12,22H2,1-2H3. The number of aromatic nitrogens is 6. The first-order chi connectivity index (χ1) is 15.4. The molecule has 0 unspecified atom stereocenters. The van der Waals surface area contributed by atoms with Crippen LogP contribution in [0.15, 0.2) is 69.6 Å². The molecule has 0 aliphatic heterocycles. The average molecular weight is 449 g/mol. The van der Waals surface area contributed by atoms with Crippen LogP contribution in [-0.4, -0.2) is 40.4 Å². The molecule has 0 saturated heterocycles. The SMILES string of the molecule is Cn1c(N)c(C(=O)CSc2nnc(-c3ccncc3)n2-c2ccccc2)c(=O)n(C)c1=O. The summed E-state index contributed by atoms with van der Waals surface area (Å²) in [6.45, 7) is 0. The Hall–Kier alpha value is -3.99. The highest BCUT2D eigenvalue weighted by Crippen LogP contribution is 2.28. The van der Waals surface area contributed by atoms with Gasteiger partial charge in [0.2, 0.25) is 0 Å². The molecule has 10 nitrogen and oxygen atoms in total. The molecule has 0 atom stereocenters. The highest BCUT2D eigenvalue weighted by atomic mass is 32.2. The first-order valence-corrected chi connectivity index (χ1v) is 10.5. The van der Waals surface area contributed by atoms with Gasteiger partial charge in [0.05, 0.1) is 5.75 Å². The number of anilines is 1. The summed E-state index contributed by atoms with van der Waals surface area (Å²) >= 11 is 1.13. The molecule has 0 spiro atoms. The summed E-state index contributed by atoms with van der Waals surface area (Å²) in [7, 11) is 2.72. The maximum atomic E-state index is 12.9. The van der Waals surface area contributed by atoms with E-state index in [-0.39, 0.29) is 17.1 Å². The van der Waals surface area contributed by atoms with Gasteiger partial charge in [0.25, 0.3) is 5.56 Å². The minimum atomic E-state index is -0.724. The monoisotopic (exact) mass is 449 g/mol. The highest BCUT2D eigenvalue weighted by molar-refractivity contribution is 7.99. The fourth-order valence-electron chi connectivity index (χ4n) is 3.19. The molecule has 3 heterocycles. The third-order valence-electron chi connectivity index (χ3n) is 4.91. The number of nitrogen functional groups attached to an aromatic ring is 1. The summed E-state index contributed by atoms with van der Waals surface area (Å²) in [6.07, 6.45) is 3.32. The van der Waals surface area contributed by atoms with E-state index in [0.717, 1.165) is 32.1 Å². The van der Waals surface area contributed by atoms with Crippen molar-refractivity contribution >= 4 is 23.4 Å². The third-order valence-corrected chi connectivity index (χ3v) is 5.84. The van der Waals surface area contributed by atoms with Crippen LogP contribution in [0, 0.1) is 0 Å². The largest absolute Gasteiger partial charge is 0.384 e. The fraction of sp³-hybridized carbons (Fsp3) is 0.143. The number of ketones is 1. The van der Waals surface area contributed by atoms with E-state index in [1.807, 2.05) is 47.0 Å². The predicted molar refractivity (Wildman–Crippen MR) is 121 cm³/mol.